The highest BCUT2D eigenvalue weighted by Gasteiger charge is 2.30. The highest BCUT2D eigenvalue weighted by molar-refractivity contribution is 5.92. The van der Waals surface area contributed by atoms with Crippen LogP contribution in [0.3, 0.4) is 0 Å². The molecule has 0 saturated heterocycles. The lowest BCUT2D eigenvalue weighted by Crippen LogP contribution is -2.40. The summed E-state index contributed by atoms with van der Waals surface area (Å²) >= 11 is 0. The number of benzene rings is 1. The summed E-state index contributed by atoms with van der Waals surface area (Å²) in [6.45, 7) is 7.45. The molecule has 0 bridgehead atoms. The predicted molar refractivity (Wildman–Crippen MR) is 81.0 cm³/mol. The summed E-state index contributed by atoms with van der Waals surface area (Å²) in [5, 5.41) is 8.82. The fourth-order valence-corrected chi connectivity index (χ4v) is 1.93. The van der Waals surface area contributed by atoms with E-state index in [1.54, 1.807) is 27.7 Å². The van der Waals surface area contributed by atoms with Crippen LogP contribution in [0.1, 0.15) is 48.4 Å². The second-order valence-electron chi connectivity index (χ2n) is 4.70. The van der Waals surface area contributed by atoms with Crippen LogP contribution >= 0.6 is 0 Å². The number of carboxylic acid groups (broad SMARTS) is 1. The Labute approximate surface area is 135 Å². The van der Waals surface area contributed by atoms with Gasteiger partial charge in [0.1, 0.15) is 0 Å². The number of rotatable bonds is 9. The van der Waals surface area contributed by atoms with Crippen molar-refractivity contribution in [2.45, 2.75) is 40.0 Å². The number of carbonyl (C=O) groups is 2. The Bertz CT molecular complexity index is 518. The molecule has 7 heteroatoms. The summed E-state index contributed by atoms with van der Waals surface area (Å²) in [7, 11) is 0. The molecule has 7 nitrogen and oxygen atoms in total. The van der Waals surface area contributed by atoms with Crippen LogP contribution in [0.25, 0.3) is 0 Å². The Morgan fingerprint density at radius 2 is 1.57 bits per heavy atom. The lowest BCUT2D eigenvalue weighted by molar-refractivity contribution is -0.399. The zero-order valence-corrected chi connectivity index (χ0v) is 13.7. The molecule has 0 spiro atoms. The van der Waals surface area contributed by atoms with E-state index in [0.717, 1.165) is 0 Å². The van der Waals surface area contributed by atoms with Crippen molar-refractivity contribution in [3.8, 4) is 0 Å². The lowest BCUT2D eigenvalue weighted by Gasteiger charge is -2.31. The molecule has 0 aliphatic carbocycles. The molecule has 0 radical (unpaired) electrons. The van der Waals surface area contributed by atoms with Gasteiger partial charge in [0.05, 0.1) is 11.1 Å². The molecule has 1 aromatic rings. The van der Waals surface area contributed by atoms with Crippen molar-refractivity contribution in [2.75, 3.05) is 13.2 Å². The fourth-order valence-electron chi connectivity index (χ4n) is 1.93. The van der Waals surface area contributed by atoms with E-state index in [4.69, 9.17) is 24.1 Å². The van der Waals surface area contributed by atoms with Gasteiger partial charge in [-0.2, -0.15) is 0 Å². The standard InChI is InChI=1S/C16H22O7/c1-5-20-16(4,21-6-2)23-11(3)22-15(19)13-9-7-12(8-10-13)14(17)18/h7-11H,5-6H2,1-4H3,(H,17,18). The van der Waals surface area contributed by atoms with Gasteiger partial charge in [0, 0.05) is 20.1 Å². The molecular formula is C16H22O7. The molecule has 128 valence electrons. The van der Waals surface area contributed by atoms with Gasteiger partial charge in [0.2, 0.25) is 6.29 Å². The summed E-state index contributed by atoms with van der Waals surface area (Å²) in [5.41, 5.74) is 0.311. The topological polar surface area (TPSA) is 91.3 Å². The molecule has 0 aliphatic heterocycles. The zero-order chi connectivity index (χ0) is 17.5. The van der Waals surface area contributed by atoms with Crippen LogP contribution in [0, 0.1) is 0 Å². The third-order valence-electron chi connectivity index (χ3n) is 2.83. The molecule has 1 N–H and O–H groups in total. The van der Waals surface area contributed by atoms with E-state index in [2.05, 4.69) is 0 Å². The zero-order valence-electron chi connectivity index (χ0n) is 13.7. The van der Waals surface area contributed by atoms with Gasteiger partial charge >= 0.3 is 11.9 Å². The first-order valence-corrected chi connectivity index (χ1v) is 7.31. The van der Waals surface area contributed by atoms with Crippen molar-refractivity contribution in [3.05, 3.63) is 35.4 Å². The van der Waals surface area contributed by atoms with E-state index in [1.807, 2.05) is 0 Å². The van der Waals surface area contributed by atoms with Gasteiger partial charge in [-0.15, -0.1) is 0 Å². The minimum Gasteiger partial charge on any atom is -0.478 e. The molecule has 0 fully saturated rings. The minimum atomic E-state index is -1.31. The lowest BCUT2D eigenvalue weighted by atomic mass is 10.1. The fraction of sp³-hybridized carbons (Fsp3) is 0.500. The monoisotopic (exact) mass is 326 g/mol. The molecule has 0 heterocycles. The summed E-state index contributed by atoms with van der Waals surface area (Å²) in [4.78, 5) is 22.8. The highest BCUT2D eigenvalue weighted by atomic mass is 16.9. The molecule has 1 aromatic carbocycles. The van der Waals surface area contributed by atoms with Crippen LogP contribution in [0.5, 0.6) is 0 Å². The Kier molecular flexibility index (Phi) is 7.15. The second kappa shape index (κ2) is 8.61. The van der Waals surface area contributed by atoms with Gasteiger partial charge in [-0.25, -0.2) is 9.59 Å². The van der Waals surface area contributed by atoms with E-state index in [-0.39, 0.29) is 11.1 Å². The van der Waals surface area contributed by atoms with E-state index in [1.165, 1.54) is 24.3 Å². The van der Waals surface area contributed by atoms with Gasteiger partial charge in [-0.3, -0.25) is 4.74 Å². The molecular weight excluding hydrogens is 304 g/mol. The first kappa shape index (κ1) is 19.1. The Hall–Kier alpha value is -1.96. The van der Waals surface area contributed by atoms with E-state index < -0.39 is 24.2 Å². The van der Waals surface area contributed by atoms with Crippen LogP contribution in [-0.2, 0) is 18.9 Å². The van der Waals surface area contributed by atoms with E-state index in [9.17, 15) is 9.59 Å². The summed E-state index contributed by atoms with van der Waals surface area (Å²) in [6.07, 6.45) is -0.912. The van der Waals surface area contributed by atoms with Crippen LogP contribution < -0.4 is 0 Å². The molecule has 0 saturated carbocycles. The van der Waals surface area contributed by atoms with Crippen molar-refractivity contribution >= 4 is 11.9 Å². The number of hydrogen-bond acceptors (Lipinski definition) is 6. The molecule has 23 heavy (non-hydrogen) atoms. The number of ether oxygens (including phenoxy) is 4. The number of aromatic carboxylic acids is 1. The van der Waals surface area contributed by atoms with Crippen molar-refractivity contribution in [2.24, 2.45) is 0 Å². The van der Waals surface area contributed by atoms with Gasteiger partial charge in [-0.1, -0.05) is 0 Å². The van der Waals surface area contributed by atoms with Crippen molar-refractivity contribution in [3.63, 3.8) is 0 Å². The second-order valence-corrected chi connectivity index (χ2v) is 4.70. The molecule has 1 rings (SSSR count). The first-order chi connectivity index (χ1) is 10.8. The van der Waals surface area contributed by atoms with Gasteiger partial charge in [0.15, 0.2) is 0 Å². The first-order valence-electron chi connectivity index (χ1n) is 7.31. The SMILES string of the molecule is CCOC(C)(OCC)OC(C)OC(=O)c1ccc(C(=O)O)cc1. The normalized spacial score (nSPS) is 12.7. The maximum absolute atomic E-state index is 12.0. The Balaban J connectivity index is 2.66. The molecule has 0 amide bonds. The molecule has 1 unspecified atom stereocenters. The number of esters is 1. The third-order valence-corrected chi connectivity index (χ3v) is 2.83. The average Bonchev–Trinajstić information content (AvgIpc) is 2.47. The Morgan fingerprint density at radius 1 is 1.09 bits per heavy atom. The van der Waals surface area contributed by atoms with Crippen LogP contribution in [0.15, 0.2) is 24.3 Å². The van der Waals surface area contributed by atoms with E-state index >= 15 is 0 Å². The van der Waals surface area contributed by atoms with Gasteiger partial charge in [-0.05, 0) is 45.0 Å². The summed E-state index contributed by atoms with van der Waals surface area (Å²) in [6, 6.07) is 5.41. The molecule has 1 atom stereocenters. The number of carbonyl (C=O) groups excluding carboxylic acids is 1. The molecule has 0 aromatic heterocycles. The largest absolute Gasteiger partial charge is 0.478 e. The van der Waals surface area contributed by atoms with Gasteiger partial charge in [0.25, 0.3) is 5.97 Å². The maximum atomic E-state index is 12.0. The summed E-state index contributed by atoms with van der Waals surface area (Å²) < 4.78 is 21.4. The van der Waals surface area contributed by atoms with E-state index in [0.29, 0.717) is 13.2 Å². The molecule has 0 aliphatic rings. The maximum Gasteiger partial charge on any atom is 0.340 e. The van der Waals surface area contributed by atoms with Gasteiger partial charge < -0.3 is 19.3 Å². The third kappa shape index (κ3) is 5.97. The number of hydrogen-bond donors (Lipinski definition) is 1. The van der Waals surface area contributed by atoms with Crippen molar-refractivity contribution in [1.82, 2.24) is 0 Å². The van der Waals surface area contributed by atoms with Crippen molar-refractivity contribution in [1.29, 1.82) is 0 Å². The Morgan fingerprint density at radius 3 is 2.00 bits per heavy atom. The smallest absolute Gasteiger partial charge is 0.340 e. The van der Waals surface area contributed by atoms with Crippen LogP contribution in [0.4, 0.5) is 0 Å². The quantitative estimate of drug-likeness (QED) is 0.551. The van der Waals surface area contributed by atoms with Crippen LogP contribution in [-0.4, -0.2) is 42.5 Å². The number of carboxylic acids is 1. The minimum absolute atomic E-state index is 0.0890. The van der Waals surface area contributed by atoms with Crippen molar-refractivity contribution < 1.29 is 33.6 Å². The predicted octanol–water partition coefficient (Wildman–Crippen LogP) is 2.65. The highest BCUT2D eigenvalue weighted by Crippen LogP contribution is 2.18. The van der Waals surface area contributed by atoms with Crippen LogP contribution in [0.2, 0.25) is 0 Å². The summed E-state index contributed by atoms with van der Waals surface area (Å²) in [5.74, 6) is -3.01. The average molecular weight is 326 g/mol.